The van der Waals surface area contributed by atoms with Crippen LogP contribution in [0.15, 0.2) is 59.4 Å². The number of anilines is 1. The molecule has 0 aliphatic rings. The number of hydrogen-bond acceptors (Lipinski definition) is 5. The van der Waals surface area contributed by atoms with Crippen LogP contribution < -0.4 is 10.9 Å². The first kappa shape index (κ1) is 29.6. The third-order valence-corrected chi connectivity index (χ3v) is 7.23. The van der Waals surface area contributed by atoms with Gasteiger partial charge in [0.15, 0.2) is 0 Å². The predicted octanol–water partition coefficient (Wildman–Crippen LogP) is 6.97. The molecule has 0 spiro atoms. The van der Waals surface area contributed by atoms with Gasteiger partial charge in [-0.1, -0.05) is 60.7 Å². The zero-order valence-electron chi connectivity index (χ0n) is 22.2. The van der Waals surface area contributed by atoms with Crippen molar-refractivity contribution in [2.45, 2.75) is 63.0 Å². The van der Waals surface area contributed by atoms with Crippen molar-refractivity contribution in [1.82, 2.24) is 9.55 Å². The Morgan fingerprint density at radius 2 is 1.82 bits per heavy atom. The minimum absolute atomic E-state index is 0.0832. The molecule has 0 aliphatic carbocycles. The third kappa shape index (κ3) is 8.02. The maximum absolute atomic E-state index is 14.0. The first-order valence-corrected chi connectivity index (χ1v) is 15.1. The van der Waals surface area contributed by atoms with E-state index in [0.717, 1.165) is 24.8 Å². The second kappa shape index (κ2) is 12.7. The first-order chi connectivity index (χ1) is 17.9. The molecule has 0 bridgehead atoms. The number of halogens is 3. The molecule has 0 saturated heterocycles. The number of benzene rings is 2. The Morgan fingerprint density at radius 1 is 1.11 bits per heavy atom. The van der Waals surface area contributed by atoms with Crippen LogP contribution >= 0.6 is 20.7 Å². The lowest BCUT2D eigenvalue weighted by Gasteiger charge is -2.20. The van der Waals surface area contributed by atoms with Gasteiger partial charge in [0, 0.05) is 23.7 Å². The Balaban J connectivity index is 1.95. The summed E-state index contributed by atoms with van der Waals surface area (Å²) in [5.74, 6) is -0.0580. The van der Waals surface area contributed by atoms with Gasteiger partial charge in [-0.05, 0) is 65.6 Å². The zero-order valence-corrected chi connectivity index (χ0v) is 24.3. The van der Waals surface area contributed by atoms with E-state index < -0.39 is 36.2 Å². The normalized spacial score (nSPS) is 11.8. The molecule has 0 atom stereocenters. The van der Waals surface area contributed by atoms with E-state index in [9.17, 15) is 18.4 Å². The molecule has 9 heteroatoms. The molecule has 0 aliphatic heterocycles. The topological polar surface area (TPSA) is 73.2 Å². The van der Waals surface area contributed by atoms with Gasteiger partial charge in [-0.3, -0.25) is 9.36 Å². The van der Waals surface area contributed by atoms with Gasteiger partial charge in [-0.2, -0.15) is 8.78 Å². The summed E-state index contributed by atoms with van der Waals surface area (Å²) in [6, 6.07) is 14.2. The van der Waals surface area contributed by atoms with Gasteiger partial charge in [0.25, 0.3) is 5.56 Å². The molecule has 0 saturated carbocycles. The van der Waals surface area contributed by atoms with Gasteiger partial charge in [0.2, 0.25) is 5.95 Å². The second-order valence-electron chi connectivity index (χ2n) is 9.93. The van der Waals surface area contributed by atoms with E-state index in [2.05, 4.69) is 21.7 Å². The van der Waals surface area contributed by atoms with Crippen LogP contribution in [-0.4, -0.2) is 32.2 Å². The van der Waals surface area contributed by atoms with Crippen LogP contribution in [0.5, 0.6) is 0 Å². The fourth-order valence-electron chi connectivity index (χ4n) is 3.74. The predicted molar refractivity (Wildman–Crippen MR) is 158 cm³/mol. The number of carbonyl (C=O) groups excluding carboxylic acids is 1. The Labute approximate surface area is 232 Å². The molecule has 6 nitrogen and oxygen atoms in total. The zero-order chi connectivity index (χ0) is 27.9. The number of nitrogens with one attached hydrogen (secondary N) is 1. The van der Waals surface area contributed by atoms with Crippen LogP contribution in [0.1, 0.15) is 68.4 Å². The van der Waals surface area contributed by atoms with Crippen molar-refractivity contribution in [2.75, 3.05) is 11.9 Å². The summed E-state index contributed by atoms with van der Waals surface area (Å²) in [6.07, 6.45) is 2.98. The molecule has 0 unspecified atom stereocenters. The Kier molecular flexibility index (Phi) is 9.92. The number of nitrogens with zero attached hydrogens (tertiary/aromatic N) is 2. The fraction of sp³-hybridized carbons (Fsp3) is 0.379. The van der Waals surface area contributed by atoms with Crippen LogP contribution in [0, 0.1) is 0 Å². The number of unbranched alkanes of at least 4 members (excludes halogenated alkanes) is 2. The van der Waals surface area contributed by atoms with Crippen molar-refractivity contribution in [2.24, 2.45) is 0 Å². The number of aromatic nitrogens is 2. The quantitative estimate of drug-likeness (QED) is 0.107. The lowest BCUT2D eigenvalue weighted by molar-refractivity contribution is 0.00693. The van der Waals surface area contributed by atoms with Crippen molar-refractivity contribution >= 4 is 37.2 Å². The summed E-state index contributed by atoms with van der Waals surface area (Å²) in [7, 11) is 0. The number of ether oxygens (including phenoxy) is 1. The van der Waals surface area contributed by atoms with Gasteiger partial charge >= 0.3 is 9.90 Å². The van der Waals surface area contributed by atoms with Crippen LogP contribution in [0.4, 0.5) is 14.7 Å². The second-order valence-corrected chi connectivity index (χ2v) is 12.1. The summed E-state index contributed by atoms with van der Waals surface area (Å²) < 4.78 is 35.6. The highest BCUT2D eigenvalue weighted by molar-refractivity contribution is 14.2. The Hall–Kier alpha value is -2.95. The molecule has 1 heterocycles. The number of hydrogen-bond donors (Lipinski definition) is 1. The molecule has 204 valence electrons. The number of alkyl halides is 3. The van der Waals surface area contributed by atoms with Gasteiger partial charge in [-0.25, -0.2) is 9.78 Å². The number of carbonyl (C=O) groups is 1. The molecular formula is C29H34F2IN3O3. The molecule has 0 amide bonds. The lowest BCUT2D eigenvalue weighted by Crippen LogP contribution is -2.26. The summed E-state index contributed by atoms with van der Waals surface area (Å²) in [5, 5.41) is 3.27. The minimum atomic E-state index is -2.91. The van der Waals surface area contributed by atoms with Crippen molar-refractivity contribution < 1.29 is 18.3 Å². The van der Waals surface area contributed by atoms with E-state index in [0.29, 0.717) is 29.3 Å². The van der Waals surface area contributed by atoms with E-state index >= 15 is 0 Å². The fourth-order valence-corrected chi connectivity index (χ4v) is 4.54. The van der Waals surface area contributed by atoms with Crippen LogP contribution in [0.25, 0.3) is 11.3 Å². The number of rotatable bonds is 11. The van der Waals surface area contributed by atoms with E-state index in [4.69, 9.17) is 4.74 Å². The maximum atomic E-state index is 14.0. The Bertz CT molecular complexity index is 1330. The van der Waals surface area contributed by atoms with E-state index in [-0.39, 0.29) is 17.7 Å². The van der Waals surface area contributed by atoms with Crippen LogP contribution in [0.3, 0.4) is 0 Å². The highest BCUT2D eigenvalue weighted by Crippen LogP contribution is 2.39. The van der Waals surface area contributed by atoms with Crippen molar-refractivity contribution in [1.29, 1.82) is 0 Å². The smallest absolute Gasteiger partial charge is 0.338 e. The monoisotopic (exact) mass is 637 g/mol. The molecular weight excluding hydrogens is 603 g/mol. The van der Waals surface area contributed by atoms with E-state index in [1.807, 2.05) is 6.07 Å². The maximum Gasteiger partial charge on any atom is 0.338 e. The van der Waals surface area contributed by atoms with Crippen molar-refractivity contribution in [3.8, 4) is 11.3 Å². The van der Waals surface area contributed by atoms with E-state index in [1.54, 1.807) is 51.1 Å². The third-order valence-electron chi connectivity index (χ3n) is 5.65. The largest absolute Gasteiger partial charge is 0.456 e. The first-order valence-electron chi connectivity index (χ1n) is 12.5. The molecule has 3 aromatic rings. The molecule has 3 rings (SSSR count). The molecule has 1 N–H and O–H groups in total. The molecule has 2 aromatic carbocycles. The standard InChI is InChI=1S/C29H34F2IN3O3/c1-6-7-8-16-33-27-34-24(21-12-14-23(15-13-21)29(30,31)32-5)18-25(36)35(27)19-20-10-9-11-22(17-20)26(37)38-28(2,3)4/h9-15,17-18H,5-8,16,19H2,1-4H3,(H,33,34). The highest BCUT2D eigenvalue weighted by atomic mass is 127. The summed E-state index contributed by atoms with van der Waals surface area (Å²) in [5.41, 5.74) is 1.10. The summed E-state index contributed by atoms with van der Waals surface area (Å²) in [6.45, 7) is 8.34. The summed E-state index contributed by atoms with van der Waals surface area (Å²) >= 11 is -1.54. The molecule has 0 fully saturated rings. The number of esters is 1. The molecule has 0 radical (unpaired) electrons. The van der Waals surface area contributed by atoms with Crippen molar-refractivity contribution in [3.63, 3.8) is 0 Å². The van der Waals surface area contributed by atoms with E-state index in [1.165, 1.54) is 22.8 Å². The SMILES string of the molecule is C=IC(F)(F)c1ccc(-c2cc(=O)n(Cc3cccc(C(=O)OC(C)(C)C)c3)c(NCCCCC)n2)cc1. The lowest BCUT2D eigenvalue weighted by atomic mass is 10.1. The van der Waals surface area contributed by atoms with Gasteiger partial charge in [0.1, 0.15) is 5.60 Å². The average molecular weight is 638 g/mol. The van der Waals surface area contributed by atoms with Crippen LogP contribution in [0.2, 0.25) is 0 Å². The van der Waals surface area contributed by atoms with Gasteiger partial charge < -0.3 is 10.1 Å². The van der Waals surface area contributed by atoms with Gasteiger partial charge in [-0.15, -0.1) is 0 Å². The average Bonchev–Trinajstić information content (AvgIpc) is 2.87. The minimum Gasteiger partial charge on any atom is -0.456 e. The highest BCUT2D eigenvalue weighted by Gasteiger charge is 2.27. The molecule has 38 heavy (non-hydrogen) atoms. The Morgan fingerprint density at radius 3 is 2.45 bits per heavy atom. The summed E-state index contributed by atoms with van der Waals surface area (Å²) in [4.78, 5) is 30.5. The van der Waals surface area contributed by atoms with Gasteiger partial charge in [0.05, 0.1) is 17.8 Å². The van der Waals surface area contributed by atoms with Crippen molar-refractivity contribution in [3.05, 3.63) is 81.6 Å². The molecule has 1 aromatic heterocycles. The van der Waals surface area contributed by atoms with Crippen LogP contribution in [-0.2, 0) is 15.2 Å².